The van der Waals surface area contributed by atoms with Gasteiger partial charge in [0.2, 0.25) is 23.6 Å². The van der Waals surface area contributed by atoms with E-state index < -0.39 is 54.0 Å². The highest BCUT2D eigenvalue weighted by Crippen LogP contribution is 2.21. The van der Waals surface area contributed by atoms with Crippen LogP contribution < -0.4 is 32.7 Å². The molecule has 12 heteroatoms. The molecule has 4 amide bonds. The highest BCUT2D eigenvalue weighted by molar-refractivity contribution is 5.94. The van der Waals surface area contributed by atoms with Crippen molar-refractivity contribution in [1.29, 1.82) is 0 Å². The molecule has 0 aliphatic rings. The highest BCUT2D eigenvalue weighted by atomic mass is 16.2. The standard InChI is InChI=1S/C42H54N8O4/c1-25(2)18-35(39(44)51)47-38(19-26(3)4)50-42(54)37(22-29-24-46-34-17-11-9-15-31(29)34)49-41(53)36(20-27-12-6-5-7-13-27)48-40(52)32(43)21-28-23-45-33-16-10-8-14-30(28)33/h5-17,23-26,32,35-38,45-47H,18-22,43H2,1-4H3,(H2,44,51)(H,48,52)(H,49,53)(H,50,54)/t32-,35+,36+,37-,38+/m1/s1. The number of aromatic nitrogens is 2. The van der Waals surface area contributed by atoms with Gasteiger partial charge in [-0.05, 0) is 59.9 Å². The number of carbonyl (C=O) groups is 4. The molecule has 0 fully saturated rings. The minimum absolute atomic E-state index is 0.160. The molecule has 0 saturated heterocycles. The van der Waals surface area contributed by atoms with Gasteiger partial charge in [-0.3, -0.25) is 24.5 Å². The fourth-order valence-corrected chi connectivity index (χ4v) is 6.86. The molecule has 5 atom stereocenters. The maximum absolute atomic E-state index is 14.3. The molecule has 3 aromatic carbocycles. The lowest BCUT2D eigenvalue weighted by atomic mass is 10.00. The Bertz CT molecular complexity index is 2020. The molecule has 0 unspecified atom stereocenters. The van der Waals surface area contributed by atoms with Gasteiger partial charge in [-0.25, -0.2) is 0 Å². The van der Waals surface area contributed by atoms with E-state index in [0.717, 1.165) is 38.5 Å². The normalized spacial score (nSPS) is 14.4. The number of carbonyl (C=O) groups excluding carboxylic acids is 4. The molecular weight excluding hydrogens is 681 g/mol. The molecule has 0 radical (unpaired) electrons. The largest absolute Gasteiger partial charge is 0.368 e. The first-order valence-electron chi connectivity index (χ1n) is 18.7. The van der Waals surface area contributed by atoms with Gasteiger partial charge >= 0.3 is 0 Å². The van der Waals surface area contributed by atoms with Gasteiger partial charge < -0.3 is 37.4 Å². The van der Waals surface area contributed by atoms with E-state index in [4.69, 9.17) is 11.5 Å². The second-order valence-electron chi connectivity index (χ2n) is 15.0. The summed E-state index contributed by atoms with van der Waals surface area (Å²) in [6.45, 7) is 8.04. The Morgan fingerprint density at radius 2 is 1.09 bits per heavy atom. The quantitative estimate of drug-likeness (QED) is 0.0591. The summed E-state index contributed by atoms with van der Waals surface area (Å²) < 4.78 is 0. The SMILES string of the molecule is CC(C)C[C@H](NC(=O)[C@@H](Cc1c[nH]c2ccccc12)NC(=O)[C@H](Cc1ccccc1)NC(=O)[C@H](N)Cc1c[nH]c2ccccc12)N[C@@H](CC(C)C)C(N)=O. The summed E-state index contributed by atoms with van der Waals surface area (Å²) in [6.07, 6.45) is 4.68. The summed E-state index contributed by atoms with van der Waals surface area (Å²) in [4.78, 5) is 61.2. The first-order valence-corrected chi connectivity index (χ1v) is 18.7. The van der Waals surface area contributed by atoms with E-state index in [9.17, 15) is 19.2 Å². The monoisotopic (exact) mass is 734 g/mol. The van der Waals surface area contributed by atoms with Crippen LogP contribution in [0.5, 0.6) is 0 Å². The van der Waals surface area contributed by atoms with E-state index in [-0.39, 0.29) is 31.1 Å². The molecule has 0 aliphatic carbocycles. The number of H-pyrrole nitrogens is 2. The van der Waals surface area contributed by atoms with Gasteiger partial charge in [0.15, 0.2) is 0 Å². The lowest BCUT2D eigenvalue weighted by Gasteiger charge is -2.29. The number of primary amides is 1. The number of hydrogen-bond acceptors (Lipinski definition) is 6. The number of aromatic amines is 2. The number of benzene rings is 3. The van der Waals surface area contributed by atoms with Gasteiger partial charge in [0.1, 0.15) is 12.1 Å². The molecule has 5 aromatic rings. The smallest absolute Gasteiger partial charge is 0.244 e. The van der Waals surface area contributed by atoms with Crippen molar-refractivity contribution in [3.8, 4) is 0 Å². The number of nitrogens with two attached hydrogens (primary N) is 2. The molecule has 0 aliphatic heterocycles. The maximum Gasteiger partial charge on any atom is 0.244 e. The second-order valence-corrected chi connectivity index (χ2v) is 15.0. The summed E-state index contributed by atoms with van der Waals surface area (Å²) in [5, 5.41) is 14.1. The Labute approximate surface area is 316 Å². The van der Waals surface area contributed by atoms with Crippen LogP contribution in [-0.2, 0) is 38.4 Å². The van der Waals surface area contributed by atoms with Crippen molar-refractivity contribution >= 4 is 45.4 Å². The average molecular weight is 735 g/mol. The molecule has 0 saturated carbocycles. The molecule has 0 bridgehead atoms. The first kappa shape index (κ1) is 39.7. The molecule has 10 N–H and O–H groups in total. The zero-order chi connectivity index (χ0) is 38.8. The zero-order valence-corrected chi connectivity index (χ0v) is 31.5. The minimum atomic E-state index is -1.04. The van der Waals surface area contributed by atoms with Crippen molar-refractivity contribution < 1.29 is 19.2 Å². The zero-order valence-electron chi connectivity index (χ0n) is 31.5. The van der Waals surface area contributed by atoms with E-state index in [1.165, 1.54) is 0 Å². The first-order chi connectivity index (χ1) is 25.9. The van der Waals surface area contributed by atoms with E-state index in [1.54, 1.807) is 0 Å². The topological polar surface area (TPSA) is 200 Å². The van der Waals surface area contributed by atoms with Crippen LogP contribution in [0.3, 0.4) is 0 Å². The molecule has 12 nitrogen and oxygen atoms in total. The Kier molecular flexibility index (Phi) is 13.6. The van der Waals surface area contributed by atoms with E-state index in [0.29, 0.717) is 12.8 Å². The third kappa shape index (κ3) is 10.8. The minimum Gasteiger partial charge on any atom is -0.368 e. The van der Waals surface area contributed by atoms with Gasteiger partial charge in [-0.15, -0.1) is 0 Å². The van der Waals surface area contributed by atoms with Crippen LogP contribution in [0.1, 0.15) is 57.2 Å². The number of nitrogens with one attached hydrogen (secondary N) is 6. The highest BCUT2D eigenvalue weighted by Gasteiger charge is 2.31. The van der Waals surface area contributed by atoms with Crippen molar-refractivity contribution in [2.24, 2.45) is 23.3 Å². The molecular formula is C42H54N8O4. The predicted octanol–water partition coefficient (Wildman–Crippen LogP) is 3.95. The van der Waals surface area contributed by atoms with Crippen LogP contribution in [0, 0.1) is 11.8 Å². The van der Waals surface area contributed by atoms with Gasteiger partial charge in [0.25, 0.3) is 0 Å². The van der Waals surface area contributed by atoms with E-state index in [2.05, 4.69) is 31.2 Å². The van der Waals surface area contributed by atoms with Crippen LogP contribution in [-0.4, -0.2) is 63.9 Å². The Morgan fingerprint density at radius 1 is 0.593 bits per heavy atom. The third-order valence-corrected chi connectivity index (χ3v) is 9.58. The van der Waals surface area contributed by atoms with E-state index >= 15 is 0 Å². The van der Waals surface area contributed by atoms with Gasteiger partial charge in [0, 0.05) is 47.0 Å². The Hall–Kier alpha value is -5.46. The number of rotatable bonds is 19. The third-order valence-electron chi connectivity index (χ3n) is 9.58. The lowest BCUT2D eigenvalue weighted by Crippen LogP contribution is -2.60. The fraction of sp³-hybridized carbons (Fsp3) is 0.381. The van der Waals surface area contributed by atoms with Crippen molar-refractivity contribution in [3.05, 3.63) is 108 Å². The van der Waals surface area contributed by atoms with Crippen LogP contribution in [0.4, 0.5) is 0 Å². The van der Waals surface area contributed by atoms with Gasteiger partial charge in [0.05, 0.1) is 18.2 Å². The van der Waals surface area contributed by atoms with Gasteiger partial charge in [-0.1, -0.05) is 94.4 Å². The lowest BCUT2D eigenvalue weighted by molar-refractivity contribution is -0.132. The second kappa shape index (κ2) is 18.5. The molecule has 2 heterocycles. The number of hydrogen-bond donors (Lipinski definition) is 8. The predicted molar refractivity (Wildman–Crippen MR) is 213 cm³/mol. The number of fused-ring (bicyclic) bond motifs is 2. The molecule has 54 heavy (non-hydrogen) atoms. The summed E-state index contributed by atoms with van der Waals surface area (Å²) in [6, 6.07) is 21.2. The van der Waals surface area contributed by atoms with Crippen LogP contribution >= 0.6 is 0 Å². The molecule has 0 spiro atoms. The van der Waals surface area contributed by atoms with Crippen LogP contribution in [0.15, 0.2) is 91.3 Å². The van der Waals surface area contributed by atoms with Gasteiger partial charge in [-0.2, -0.15) is 0 Å². The number of amides is 4. The average Bonchev–Trinajstić information content (AvgIpc) is 3.74. The summed E-state index contributed by atoms with van der Waals surface area (Å²) in [7, 11) is 0. The summed E-state index contributed by atoms with van der Waals surface area (Å²) in [5.41, 5.74) is 16.6. The van der Waals surface area contributed by atoms with Crippen molar-refractivity contribution in [1.82, 2.24) is 31.2 Å². The van der Waals surface area contributed by atoms with Crippen LogP contribution in [0.2, 0.25) is 0 Å². The van der Waals surface area contributed by atoms with Crippen molar-refractivity contribution in [3.63, 3.8) is 0 Å². The number of para-hydroxylation sites is 2. The molecule has 2 aromatic heterocycles. The Morgan fingerprint density at radius 3 is 1.67 bits per heavy atom. The fourth-order valence-electron chi connectivity index (χ4n) is 6.86. The Balaban J connectivity index is 1.40. The molecule has 286 valence electrons. The summed E-state index contributed by atoms with van der Waals surface area (Å²) in [5.74, 6) is -1.62. The van der Waals surface area contributed by atoms with Crippen LogP contribution in [0.25, 0.3) is 21.8 Å². The van der Waals surface area contributed by atoms with E-state index in [1.807, 2.05) is 119 Å². The summed E-state index contributed by atoms with van der Waals surface area (Å²) >= 11 is 0. The van der Waals surface area contributed by atoms with Crippen molar-refractivity contribution in [2.75, 3.05) is 0 Å². The van der Waals surface area contributed by atoms with Crippen molar-refractivity contribution in [2.45, 2.75) is 90.1 Å². The molecule has 5 rings (SSSR count). The maximum atomic E-state index is 14.3.